The van der Waals surface area contributed by atoms with E-state index in [0.717, 1.165) is 0 Å². The highest BCUT2D eigenvalue weighted by molar-refractivity contribution is 5.78. The van der Waals surface area contributed by atoms with Gasteiger partial charge >= 0.3 is 0 Å². The zero-order valence-electron chi connectivity index (χ0n) is 11.2. The lowest BCUT2D eigenvalue weighted by molar-refractivity contribution is -0.133. The molecule has 3 nitrogen and oxygen atoms in total. The number of nitrogens with zero attached hydrogens (tertiary/aromatic N) is 1. The first-order valence-corrected chi connectivity index (χ1v) is 6.41. The highest BCUT2D eigenvalue weighted by Gasteiger charge is 2.22. The van der Waals surface area contributed by atoms with Crippen LogP contribution in [-0.4, -0.2) is 36.0 Å². The van der Waals surface area contributed by atoms with Gasteiger partial charge in [-0.2, -0.15) is 0 Å². The van der Waals surface area contributed by atoms with Gasteiger partial charge in [0.15, 0.2) is 0 Å². The molecule has 1 fully saturated rings. The normalized spacial score (nSPS) is 18.5. The second-order valence-corrected chi connectivity index (χ2v) is 5.84. The van der Waals surface area contributed by atoms with E-state index in [4.69, 9.17) is 0 Å². The van der Waals surface area contributed by atoms with Crippen LogP contribution in [0.3, 0.4) is 0 Å². The molecule has 1 saturated carbocycles. The van der Waals surface area contributed by atoms with Crippen molar-refractivity contribution in [2.75, 3.05) is 13.6 Å². The molecule has 0 aromatic carbocycles. The minimum atomic E-state index is -0.0780. The van der Waals surface area contributed by atoms with E-state index < -0.39 is 0 Å². The minimum absolute atomic E-state index is 0.0780. The zero-order chi connectivity index (χ0) is 12.2. The number of amides is 1. The van der Waals surface area contributed by atoms with Gasteiger partial charge in [0.2, 0.25) is 5.91 Å². The van der Waals surface area contributed by atoms with Crippen LogP contribution in [0.5, 0.6) is 0 Å². The number of hydrogen-bond acceptors (Lipinski definition) is 2. The van der Waals surface area contributed by atoms with Gasteiger partial charge in [-0.1, -0.05) is 19.3 Å². The molecule has 1 aliphatic rings. The maximum Gasteiger partial charge on any atom is 0.236 e. The summed E-state index contributed by atoms with van der Waals surface area (Å²) in [5.41, 5.74) is -0.0780. The van der Waals surface area contributed by atoms with E-state index in [1.807, 2.05) is 11.9 Å². The second kappa shape index (κ2) is 5.67. The van der Waals surface area contributed by atoms with Gasteiger partial charge in [-0.05, 0) is 33.6 Å². The summed E-state index contributed by atoms with van der Waals surface area (Å²) in [5.74, 6) is 0.193. The summed E-state index contributed by atoms with van der Waals surface area (Å²) in [6, 6.07) is 0.561. The molecule has 1 N–H and O–H groups in total. The molecule has 1 amide bonds. The summed E-state index contributed by atoms with van der Waals surface area (Å²) >= 11 is 0. The summed E-state index contributed by atoms with van der Waals surface area (Å²) < 4.78 is 0. The molecular formula is C13H26N2O. The smallest absolute Gasteiger partial charge is 0.236 e. The van der Waals surface area contributed by atoms with E-state index in [-0.39, 0.29) is 11.4 Å². The summed E-state index contributed by atoms with van der Waals surface area (Å²) in [5, 5.41) is 3.38. The Hall–Kier alpha value is -0.570. The fourth-order valence-corrected chi connectivity index (χ4v) is 2.03. The monoisotopic (exact) mass is 226 g/mol. The van der Waals surface area contributed by atoms with Crippen LogP contribution >= 0.6 is 0 Å². The van der Waals surface area contributed by atoms with Crippen molar-refractivity contribution >= 4 is 5.91 Å². The van der Waals surface area contributed by atoms with Gasteiger partial charge < -0.3 is 10.2 Å². The topological polar surface area (TPSA) is 32.3 Å². The van der Waals surface area contributed by atoms with Crippen LogP contribution in [-0.2, 0) is 4.79 Å². The van der Waals surface area contributed by atoms with Crippen LogP contribution in [0.1, 0.15) is 52.9 Å². The first-order chi connectivity index (χ1) is 7.41. The Morgan fingerprint density at radius 2 is 1.81 bits per heavy atom. The Morgan fingerprint density at radius 1 is 1.25 bits per heavy atom. The Morgan fingerprint density at radius 3 is 2.31 bits per heavy atom. The minimum Gasteiger partial charge on any atom is -0.340 e. The Labute approximate surface area is 99.6 Å². The number of rotatable bonds is 3. The number of hydrogen-bond donors (Lipinski definition) is 1. The van der Waals surface area contributed by atoms with Crippen LogP contribution in [0.15, 0.2) is 0 Å². The first-order valence-electron chi connectivity index (χ1n) is 6.41. The average Bonchev–Trinajstić information content (AvgIpc) is 2.25. The molecule has 16 heavy (non-hydrogen) atoms. The SMILES string of the molecule is CN(C(=O)CNC1CCCCC1)C(C)(C)C. The predicted molar refractivity (Wildman–Crippen MR) is 67.4 cm³/mol. The van der Waals surface area contributed by atoms with Gasteiger partial charge in [-0.15, -0.1) is 0 Å². The molecule has 0 bridgehead atoms. The van der Waals surface area contributed by atoms with E-state index >= 15 is 0 Å². The molecule has 0 spiro atoms. The number of carbonyl (C=O) groups is 1. The van der Waals surface area contributed by atoms with Crippen LogP contribution < -0.4 is 5.32 Å². The Balaban J connectivity index is 2.29. The van der Waals surface area contributed by atoms with E-state index in [1.54, 1.807) is 0 Å². The standard InChI is InChI=1S/C13H26N2O/c1-13(2,3)15(4)12(16)10-14-11-8-6-5-7-9-11/h11,14H,5-10H2,1-4H3. The number of nitrogens with one attached hydrogen (secondary N) is 1. The van der Waals surface area contributed by atoms with Crippen molar-refractivity contribution in [1.29, 1.82) is 0 Å². The van der Waals surface area contributed by atoms with Gasteiger partial charge in [-0.25, -0.2) is 0 Å². The largest absolute Gasteiger partial charge is 0.340 e. The van der Waals surface area contributed by atoms with Crippen molar-refractivity contribution < 1.29 is 4.79 Å². The Bertz CT molecular complexity index is 227. The maximum absolute atomic E-state index is 11.9. The molecule has 0 aromatic rings. The van der Waals surface area contributed by atoms with E-state index in [0.29, 0.717) is 12.6 Å². The summed E-state index contributed by atoms with van der Waals surface area (Å²) in [6.45, 7) is 6.67. The molecule has 3 heteroatoms. The Kier molecular flexibility index (Phi) is 4.78. The number of likely N-dealkylation sites (N-methyl/N-ethyl adjacent to an activating group) is 1. The van der Waals surface area contributed by atoms with Crippen molar-refractivity contribution in [3.05, 3.63) is 0 Å². The van der Waals surface area contributed by atoms with E-state index in [1.165, 1.54) is 32.1 Å². The molecule has 0 aliphatic heterocycles. The van der Waals surface area contributed by atoms with Crippen LogP contribution in [0, 0.1) is 0 Å². The van der Waals surface area contributed by atoms with Gasteiger partial charge in [0.1, 0.15) is 0 Å². The fourth-order valence-electron chi connectivity index (χ4n) is 2.03. The lowest BCUT2D eigenvalue weighted by atomic mass is 9.95. The van der Waals surface area contributed by atoms with Crippen molar-refractivity contribution in [1.82, 2.24) is 10.2 Å². The first kappa shape index (κ1) is 13.5. The van der Waals surface area contributed by atoms with E-state index in [9.17, 15) is 4.79 Å². The highest BCUT2D eigenvalue weighted by atomic mass is 16.2. The van der Waals surface area contributed by atoms with Crippen LogP contribution in [0.4, 0.5) is 0 Å². The van der Waals surface area contributed by atoms with Crippen molar-refractivity contribution in [3.63, 3.8) is 0 Å². The third kappa shape index (κ3) is 4.12. The predicted octanol–water partition coefficient (Wildman–Crippen LogP) is 2.17. The van der Waals surface area contributed by atoms with Crippen LogP contribution in [0.25, 0.3) is 0 Å². The summed E-state index contributed by atoms with van der Waals surface area (Å²) in [6.07, 6.45) is 6.43. The second-order valence-electron chi connectivity index (χ2n) is 5.84. The van der Waals surface area contributed by atoms with Crippen LogP contribution in [0.2, 0.25) is 0 Å². The highest BCUT2D eigenvalue weighted by Crippen LogP contribution is 2.17. The molecule has 1 rings (SSSR count). The fraction of sp³-hybridized carbons (Fsp3) is 0.923. The van der Waals surface area contributed by atoms with E-state index in [2.05, 4.69) is 26.1 Å². The molecule has 0 saturated heterocycles. The summed E-state index contributed by atoms with van der Waals surface area (Å²) in [7, 11) is 1.88. The van der Waals surface area contributed by atoms with Crippen molar-refractivity contribution in [2.24, 2.45) is 0 Å². The van der Waals surface area contributed by atoms with Gasteiger partial charge in [0.25, 0.3) is 0 Å². The molecule has 0 radical (unpaired) electrons. The van der Waals surface area contributed by atoms with Crippen molar-refractivity contribution in [2.45, 2.75) is 64.5 Å². The number of carbonyl (C=O) groups excluding carboxylic acids is 1. The van der Waals surface area contributed by atoms with Gasteiger partial charge in [0, 0.05) is 18.6 Å². The molecule has 0 heterocycles. The average molecular weight is 226 g/mol. The molecule has 0 atom stereocenters. The quantitative estimate of drug-likeness (QED) is 0.800. The molecule has 1 aliphatic carbocycles. The van der Waals surface area contributed by atoms with Crippen molar-refractivity contribution in [3.8, 4) is 0 Å². The molecular weight excluding hydrogens is 200 g/mol. The zero-order valence-corrected chi connectivity index (χ0v) is 11.2. The lowest BCUT2D eigenvalue weighted by Crippen LogP contribution is -2.48. The van der Waals surface area contributed by atoms with Gasteiger partial charge in [0.05, 0.1) is 6.54 Å². The summed E-state index contributed by atoms with van der Waals surface area (Å²) in [4.78, 5) is 13.7. The third-order valence-corrected chi connectivity index (χ3v) is 3.53. The molecule has 0 aromatic heterocycles. The third-order valence-electron chi connectivity index (χ3n) is 3.53. The maximum atomic E-state index is 11.9. The van der Waals surface area contributed by atoms with Gasteiger partial charge in [-0.3, -0.25) is 4.79 Å². The molecule has 94 valence electrons. The lowest BCUT2D eigenvalue weighted by Gasteiger charge is -2.33. The molecule has 0 unspecified atom stereocenters.